The van der Waals surface area contributed by atoms with Crippen LogP contribution in [0.1, 0.15) is 0 Å². The van der Waals surface area contributed by atoms with E-state index in [9.17, 15) is 50.6 Å². The summed E-state index contributed by atoms with van der Waals surface area (Å²) in [5.74, 6) is -5.84. The van der Waals surface area contributed by atoms with Gasteiger partial charge in [0.25, 0.3) is 5.82 Å². The van der Waals surface area contributed by atoms with Crippen molar-refractivity contribution < 1.29 is 24.6 Å². The Hall–Kier alpha value is -3.70. The molecule has 1 aliphatic heterocycles. The van der Waals surface area contributed by atoms with Gasteiger partial charge in [-0.05, 0) is 0 Å². The number of hydrogen-bond acceptors (Lipinski definition) is 13. The van der Waals surface area contributed by atoms with Gasteiger partial charge >= 0.3 is 11.6 Å². The topological polar surface area (TPSA) is 243 Å². The second-order valence-corrected chi connectivity index (χ2v) is 4.26. The lowest BCUT2D eigenvalue weighted by Crippen LogP contribution is -2.63. The fourth-order valence-electron chi connectivity index (χ4n) is 1.69. The molecule has 0 unspecified atom stereocenters. The van der Waals surface area contributed by atoms with E-state index in [1.54, 1.807) is 0 Å². The summed E-state index contributed by atoms with van der Waals surface area (Å²) in [5.41, 5.74) is 0. The Bertz CT molecular complexity index is 581. The minimum absolute atomic E-state index is 0.579. The number of nitro groups is 5. The highest BCUT2D eigenvalue weighted by Crippen LogP contribution is 2.15. The normalized spacial score (nSPS) is 14.9. The SMILES string of the molecule is O=[N+]([O-])C(=C1NCN(CC([N+](=O)[O-])([N+](=O)[O-])[N+](=O)[O-])CN1)[N+](=O)[O-]. The molecular formula is C6H8N8O10. The molecule has 2 N–H and O–H groups in total. The zero-order valence-electron chi connectivity index (χ0n) is 11.4. The largest absolute Gasteiger partial charge is 0.712 e. The van der Waals surface area contributed by atoms with Crippen LogP contribution in [0, 0.1) is 50.6 Å². The van der Waals surface area contributed by atoms with Crippen LogP contribution in [0.2, 0.25) is 0 Å². The molecule has 0 aromatic carbocycles. The zero-order valence-corrected chi connectivity index (χ0v) is 11.4. The van der Waals surface area contributed by atoms with Gasteiger partial charge in [-0.3, -0.25) is 50.6 Å². The van der Waals surface area contributed by atoms with Crippen molar-refractivity contribution in [1.82, 2.24) is 15.5 Å². The summed E-state index contributed by atoms with van der Waals surface area (Å²) in [6.45, 7) is -2.45. The number of nitrogens with zero attached hydrogens (tertiary/aromatic N) is 6. The van der Waals surface area contributed by atoms with Gasteiger partial charge in [-0.15, -0.1) is 0 Å². The molecule has 0 amide bonds. The molecule has 1 rings (SSSR count). The zero-order chi connectivity index (χ0) is 18.7. The van der Waals surface area contributed by atoms with Gasteiger partial charge in [-0.1, -0.05) is 0 Å². The Kier molecular flexibility index (Phi) is 5.04. The minimum Gasteiger partial charge on any atom is -0.347 e. The van der Waals surface area contributed by atoms with E-state index in [0.29, 0.717) is 0 Å². The maximum absolute atomic E-state index is 10.8. The molecule has 132 valence electrons. The molecule has 0 aromatic heterocycles. The summed E-state index contributed by atoms with van der Waals surface area (Å²) in [4.78, 5) is 46.6. The Morgan fingerprint density at radius 3 is 1.54 bits per heavy atom. The van der Waals surface area contributed by atoms with Crippen molar-refractivity contribution in [3.8, 4) is 0 Å². The second kappa shape index (κ2) is 6.60. The first-order valence-corrected chi connectivity index (χ1v) is 5.70. The van der Waals surface area contributed by atoms with Gasteiger partial charge in [0.1, 0.15) is 9.85 Å². The van der Waals surface area contributed by atoms with E-state index in [0.717, 1.165) is 4.90 Å². The van der Waals surface area contributed by atoms with Gasteiger partial charge in [0.15, 0.2) is 14.8 Å². The van der Waals surface area contributed by atoms with Gasteiger partial charge in [-0.2, -0.15) is 0 Å². The van der Waals surface area contributed by atoms with Crippen molar-refractivity contribution in [2.75, 3.05) is 19.9 Å². The second-order valence-electron chi connectivity index (χ2n) is 4.26. The molecule has 18 heteroatoms. The third kappa shape index (κ3) is 3.21. The van der Waals surface area contributed by atoms with Crippen LogP contribution >= 0.6 is 0 Å². The van der Waals surface area contributed by atoms with Gasteiger partial charge in [0, 0.05) is 0 Å². The predicted octanol–water partition coefficient (Wildman–Crippen LogP) is -2.44. The minimum atomic E-state index is -3.75. The van der Waals surface area contributed by atoms with E-state index in [2.05, 4.69) is 10.6 Å². The monoisotopic (exact) mass is 352 g/mol. The molecule has 0 spiro atoms. The highest BCUT2D eigenvalue weighted by atomic mass is 16.7. The van der Waals surface area contributed by atoms with Crippen molar-refractivity contribution in [2.45, 2.75) is 5.79 Å². The molecule has 1 fully saturated rings. The van der Waals surface area contributed by atoms with E-state index in [-0.39, 0.29) is 0 Å². The molecule has 0 radical (unpaired) electrons. The molecule has 1 aliphatic rings. The van der Waals surface area contributed by atoms with Crippen LogP contribution in [-0.4, -0.2) is 55.2 Å². The van der Waals surface area contributed by atoms with E-state index in [1.165, 1.54) is 0 Å². The highest BCUT2D eigenvalue weighted by Gasteiger charge is 2.71. The molecule has 0 atom stereocenters. The summed E-state index contributed by atoms with van der Waals surface area (Å²) >= 11 is 0. The summed E-state index contributed by atoms with van der Waals surface area (Å²) < 4.78 is 0. The lowest BCUT2D eigenvalue weighted by molar-refractivity contribution is -0.968. The average Bonchev–Trinajstić information content (AvgIpc) is 2.44. The molecule has 1 saturated heterocycles. The van der Waals surface area contributed by atoms with Crippen molar-refractivity contribution in [1.29, 1.82) is 0 Å². The third-order valence-corrected chi connectivity index (χ3v) is 2.84. The molecule has 0 saturated carbocycles. The van der Waals surface area contributed by atoms with Crippen LogP contribution in [0.15, 0.2) is 11.6 Å². The van der Waals surface area contributed by atoms with Gasteiger partial charge in [0.05, 0.1) is 13.3 Å². The molecule has 0 aliphatic carbocycles. The maximum Gasteiger partial charge on any atom is 0.712 e. The van der Waals surface area contributed by atoms with Crippen LogP contribution in [0.3, 0.4) is 0 Å². The van der Waals surface area contributed by atoms with E-state index in [1.807, 2.05) is 0 Å². The lowest BCUT2D eigenvalue weighted by Gasteiger charge is -2.28. The van der Waals surface area contributed by atoms with Crippen molar-refractivity contribution in [3.63, 3.8) is 0 Å². The molecule has 18 nitrogen and oxygen atoms in total. The Morgan fingerprint density at radius 2 is 1.25 bits per heavy atom. The molecule has 1 heterocycles. The predicted molar refractivity (Wildman–Crippen MR) is 67.4 cm³/mol. The van der Waals surface area contributed by atoms with E-state index < -0.39 is 61.9 Å². The smallest absolute Gasteiger partial charge is 0.347 e. The summed E-state index contributed by atoms with van der Waals surface area (Å²) in [7, 11) is 0. The quantitative estimate of drug-likeness (QED) is 0.275. The van der Waals surface area contributed by atoms with Crippen molar-refractivity contribution in [2.24, 2.45) is 0 Å². The van der Waals surface area contributed by atoms with Crippen LogP contribution in [0.25, 0.3) is 0 Å². The number of hydrogen-bond donors (Lipinski definition) is 2. The van der Waals surface area contributed by atoms with E-state index in [4.69, 9.17) is 0 Å². The Labute approximate surface area is 129 Å². The number of nitrogens with one attached hydrogen (secondary N) is 2. The summed E-state index contributed by atoms with van der Waals surface area (Å²) in [6, 6.07) is 0. The molecule has 0 bridgehead atoms. The van der Waals surface area contributed by atoms with Gasteiger partial charge in [-0.25, -0.2) is 4.90 Å². The van der Waals surface area contributed by atoms with E-state index >= 15 is 0 Å². The lowest BCUT2D eigenvalue weighted by atomic mass is 10.3. The van der Waals surface area contributed by atoms with Crippen LogP contribution < -0.4 is 10.6 Å². The Balaban J connectivity index is 2.99. The van der Waals surface area contributed by atoms with Crippen LogP contribution in [0.5, 0.6) is 0 Å². The number of rotatable bonds is 7. The summed E-state index contributed by atoms with van der Waals surface area (Å²) in [6.07, 6.45) is 0. The van der Waals surface area contributed by atoms with Gasteiger partial charge < -0.3 is 10.6 Å². The molecule has 0 aromatic rings. The average molecular weight is 352 g/mol. The standard InChI is InChI=1S/C6H8N8O10/c15-10(16)5(11(17)18)4-7-2-9(3-8-4)1-6(12(19)20,13(21)22)14(23)24/h7-8H,1-3H2. The highest BCUT2D eigenvalue weighted by molar-refractivity contribution is 4.99. The molecule has 24 heavy (non-hydrogen) atoms. The van der Waals surface area contributed by atoms with Crippen LogP contribution in [0.4, 0.5) is 0 Å². The van der Waals surface area contributed by atoms with Gasteiger partial charge in [0.2, 0.25) is 6.54 Å². The van der Waals surface area contributed by atoms with Crippen molar-refractivity contribution in [3.05, 3.63) is 62.2 Å². The summed E-state index contributed by atoms with van der Waals surface area (Å²) in [5, 5.41) is 57.7. The fourth-order valence-corrected chi connectivity index (χ4v) is 1.69. The first-order valence-electron chi connectivity index (χ1n) is 5.70. The maximum atomic E-state index is 10.8. The third-order valence-electron chi connectivity index (χ3n) is 2.84. The Morgan fingerprint density at radius 1 is 0.875 bits per heavy atom. The van der Waals surface area contributed by atoms with Crippen LogP contribution in [-0.2, 0) is 0 Å². The van der Waals surface area contributed by atoms with Crippen molar-refractivity contribution >= 4 is 0 Å². The first kappa shape index (κ1) is 18.3. The molecular weight excluding hydrogens is 344 g/mol. The first-order chi connectivity index (χ1) is 11.0. The fraction of sp³-hybridized carbons (Fsp3) is 0.667.